The van der Waals surface area contributed by atoms with Crippen molar-refractivity contribution in [2.75, 3.05) is 6.54 Å². The minimum absolute atomic E-state index is 0.0275. The van der Waals surface area contributed by atoms with Gasteiger partial charge in [-0.15, -0.1) is 0 Å². The van der Waals surface area contributed by atoms with Gasteiger partial charge in [-0.1, -0.05) is 36.9 Å². The van der Waals surface area contributed by atoms with Crippen LogP contribution in [0.1, 0.15) is 36.0 Å². The Labute approximate surface area is 164 Å². The Morgan fingerprint density at radius 3 is 2.81 bits per heavy atom. The minimum atomic E-state index is 0.0275. The van der Waals surface area contributed by atoms with E-state index in [4.69, 9.17) is 4.99 Å². The summed E-state index contributed by atoms with van der Waals surface area (Å²) in [4.78, 5) is 12.2. The van der Waals surface area contributed by atoms with Gasteiger partial charge in [0.25, 0.3) is 0 Å². The molecule has 2 aromatic heterocycles. The summed E-state index contributed by atoms with van der Waals surface area (Å²) >= 11 is 1.88. The lowest BCUT2D eigenvalue weighted by molar-refractivity contribution is 0.312. The number of amidine groups is 1. The molecule has 4 nitrogen and oxygen atoms in total. The second kappa shape index (κ2) is 6.57. The quantitative estimate of drug-likeness (QED) is 0.662. The lowest BCUT2D eigenvalue weighted by Crippen LogP contribution is -2.30. The number of aryl methyl sites for hydroxylation is 1. The van der Waals surface area contributed by atoms with Crippen LogP contribution in [0.2, 0.25) is 0 Å². The SMILES string of the molecule is Cc1cccc(-n2cccc2[C@@H]2[C@@H](c3ccccn3)N=C3S[C@H](C)CN32)c1. The predicted octanol–water partition coefficient (Wildman–Crippen LogP) is 4.77. The third kappa shape index (κ3) is 2.86. The molecule has 5 rings (SSSR count). The van der Waals surface area contributed by atoms with Crippen molar-refractivity contribution in [1.29, 1.82) is 0 Å². The van der Waals surface area contributed by atoms with E-state index in [1.165, 1.54) is 16.9 Å². The Kier molecular flexibility index (Phi) is 4.05. The standard InChI is InChI=1S/C22H22N4S/c1-15-7-5-8-17(13-15)25-12-6-10-19(25)21-20(18-9-3-4-11-23-18)24-22-26(21)14-16(2)27-22/h3-13,16,20-21H,14H2,1-2H3/t16-,20-,21-/m1/s1. The van der Waals surface area contributed by atoms with E-state index in [-0.39, 0.29) is 12.1 Å². The van der Waals surface area contributed by atoms with E-state index < -0.39 is 0 Å². The largest absolute Gasteiger partial charge is 0.339 e. The van der Waals surface area contributed by atoms with Gasteiger partial charge in [0.2, 0.25) is 0 Å². The summed E-state index contributed by atoms with van der Waals surface area (Å²) in [7, 11) is 0. The summed E-state index contributed by atoms with van der Waals surface area (Å²) in [6.07, 6.45) is 4.02. The van der Waals surface area contributed by atoms with Crippen molar-refractivity contribution in [2.45, 2.75) is 31.2 Å². The Bertz CT molecular complexity index is 994. The fourth-order valence-corrected chi connectivity index (χ4v) is 5.18. The van der Waals surface area contributed by atoms with Gasteiger partial charge >= 0.3 is 0 Å². The highest BCUT2D eigenvalue weighted by Crippen LogP contribution is 2.47. The van der Waals surface area contributed by atoms with E-state index in [9.17, 15) is 0 Å². The number of pyridine rings is 1. The Morgan fingerprint density at radius 1 is 1.07 bits per heavy atom. The molecule has 3 atom stereocenters. The Morgan fingerprint density at radius 2 is 2.00 bits per heavy atom. The number of hydrogen-bond donors (Lipinski definition) is 0. The average molecular weight is 375 g/mol. The molecule has 136 valence electrons. The molecule has 0 bridgehead atoms. The molecule has 0 radical (unpaired) electrons. The van der Waals surface area contributed by atoms with E-state index in [1.807, 2.05) is 24.0 Å². The van der Waals surface area contributed by atoms with E-state index in [0.29, 0.717) is 5.25 Å². The molecule has 3 aromatic rings. The highest BCUT2D eigenvalue weighted by atomic mass is 32.2. The van der Waals surface area contributed by atoms with Crippen LogP contribution >= 0.6 is 11.8 Å². The van der Waals surface area contributed by atoms with E-state index in [2.05, 4.69) is 83.0 Å². The maximum Gasteiger partial charge on any atom is 0.160 e. The first kappa shape index (κ1) is 16.6. The van der Waals surface area contributed by atoms with Crippen LogP contribution < -0.4 is 0 Å². The fraction of sp³-hybridized carbons (Fsp3) is 0.273. The van der Waals surface area contributed by atoms with Crippen LogP contribution in [-0.4, -0.2) is 31.4 Å². The number of nitrogens with zero attached hydrogens (tertiary/aromatic N) is 4. The van der Waals surface area contributed by atoms with Crippen LogP contribution in [0.4, 0.5) is 0 Å². The van der Waals surface area contributed by atoms with Gasteiger partial charge in [0.05, 0.1) is 11.7 Å². The van der Waals surface area contributed by atoms with Crippen LogP contribution in [-0.2, 0) is 0 Å². The Hall–Kier alpha value is -2.53. The topological polar surface area (TPSA) is 33.4 Å². The summed E-state index contributed by atoms with van der Waals surface area (Å²) in [5.41, 5.74) is 4.77. The number of hydrogen-bond acceptors (Lipinski definition) is 4. The van der Waals surface area contributed by atoms with Gasteiger partial charge in [-0.3, -0.25) is 9.98 Å². The van der Waals surface area contributed by atoms with E-state index in [1.54, 1.807) is 0 Å². The smallest absolute Gasteiger partial charge is 0.160 e. The maximum absolute atomic E-state index is 5.09. The average Bonchev–Trinajstić information content (AvgIpc) is 3.36. The number of benzene rings is 1. The molecule has 2 aliphatic heterocycles. The van der Waals surface area contributed by atoms with Gasteiger partial charge in [-0.05, 0) is 48.9 Å². The molecule has 0 spiro atoms. The number of thioether (sulfide) groups is 1. The number of aromatic nitrogens is 2. The molecule has 1 fully saturated rings. The van der Waals surface area contributed by atoms with Crippen molar-refractivity contribution in [3.05, 3.63) is 83.9 Å². The zero-order valence-electron chi connectivity index (χ0n) is 15.5. The van der Waals surface area contributed by atoms with Gasteiger partial charge in [0, 0.05) is 35.6 Å². The maximum atomic E-state index is 5.09. The van der Waals surface area contributed by atoms with Crippen LogP contribution in [0.3, 0.4) is 0 Å². The van der Waals surface area contributed by atoms with Gasteiger partial charge in [-0.25, -0.2) is 0 Å². The predicted molar refractivity (Wildman–Crippen MR) is 111 cm³/mol. The lowest BCUT2D eigenvalue weighted by atomic mass is 10.0. The lowest BCUT2D eigenvalue weighted by Gasteiger charge is -2.28. The first-order valence-corrected chi connectivity index (χ1v) is 10.2. The first-order chi connectivity index (χ1) is 13.2. The molecule has 0 amide bonds. The summed E-state index contributed by atoms with van der Waals surface area (Å²) in [5, 5.41) is 1.72. The molecule has 0 aliphatic carbocycles. The van der Waals surface area contributed by atoms with Crippen LogP contribution in [0.25, 0.3) is 5.69 Å². The van der Waals surface area contributed by atoms with Crippen molar-refractivity contribution in [3.63, 3.8) is 0 Å². The van der Waals surface area contributed by atoms with E-state index in [0.717, 1.165) is 17.4 Å². The Balaban J connectivity index is 1.62. The summed E-state index contributed by atoms with van der Waals surface area (Å²) in [6.45, 7) is 5.44. The van der Waals surface area contributed by atoms with Crippen molar-refractivity contribution < 1.29 is 0 Å². The summed E-state index contributed by atoms with van der Waals surface area (Å²) in [5.74, 6) is 0. The monoisotopic (exact) mass is 374 g/mol. The second-order valence-corrected chi connectivity index (χ2v) is 8.68. The number of aliphatic imine (C=N–C) groups is 1. The van der Waals surface area contributed by atoms with Gasteiger partial charge in [0.15, 0.2) is 5.17 Å². The van der Waals surface area contributed by atoms with Crippen LogP contribution in [0.5, 0.6) is 0 Å². The molecule has 4 heterocycles. The van der Waals surface area contributed by atoms with Crippen LogP contribution in [0.15, 0.2) is 72.0 Å². The summed E-state index contributed by atoms with van der Waals surface area (Å²) < 4.78 is 2.31. The molecule has 0 N–H and O–H groups in total. The summed E-state index contributed by atoms with van der Waals surface area (Å²) in [6, 6.07) is 19.3. The fourth-order valence-electron chi connectivity index (χ4n) is 4.09. The zero-order valence-corrected chi connectivity index (χ0v) is 16.3. The minimum Gasteiger partial charge on any atom is -0.339 e. The van der Waals surface area contributed by atoms with Crippen molar-refractivity contribution in [3.8, 4) is 5.69 Å². The van der Waals surface area contributed by atoms with Gasteiger partial charge < -0.3 is 9.47 Å². The van der Waals surface area contributed by atoms with Gasteiger partial charge in [0.1, 0.15) is 6.04 Å². The zero-order chi connectivity index (χ0) is 18.4. The van der Waals surface area contributed by atoms with Crippen LogP contribution in [0, 0.1) is 6.92 Å². The second-order valence-electron chi connectivity index (χ2n) is 7.28. The molecule has 1 saturated heterocycles. The number of fused-ring (bicyclic) bond motifs is 1. The molecular formula is C22H22N4S. The molecule has 5 heteroatoms. The van der Waals surface area contributed by atoms with Crippen molar-refractivity contribution in [2.24, 2.45) is 4.99 Å². The van der Waals surface area contributed by atoms with Crippen molar-refractivity contribution in [1.82, 2.24) is 14.5 Å². The molecule has 2 aliphatic rings. The molecule has 0 unspecified atom stereocenters. The molecule has 1 aromatic carbocycles. The van der Waals surface area contributed by atoms with Crippen molar-refractivity contribution >= 4 is 16.9 Å². The molecule has 0 saturated carbocycles. The molecular weight excluding hydrogens is 352 g/mol. The molecule has 27 heavy (non-hydrogen) atoms. The number of rotatable bonds is 3. The highest BCUT2D eigenvalue weighted by molar-refractivity contribution is 8.14. The third-order valence-corrected chi connectivity index (χ3v) is 6.35. The van der Waals surface area contributed by atoms with E-state index >= 15 is 0 Å². The first-order valence-electron chi connectivity index (χ1n) is 9.37. The normalized spacial score (nSPS) is 24.1. The highest BCUT2D eigenvalue weighted by Gasteiger charge is 2.44. The van der Waals surface area contributed by atoms with Gasteiger partial charge in [-0.2, -0.15) is 0 Å². The third-order valence-electron chi connectivity index (χ3n) is 5.24.